The predicted octanol–water partition coefficient (Wildman–Crippen LogP) is 3.18. The second-order valence-electron chi connectivity index (χ2n) is 4.78. The Labute approximate surface area is 112 Å². The second-order valence-corrected chi connectivity index (χ2v) is 4.78. The maximum absolute atomic E-state index is 4.68. The van der Waals surface area contributed by atoms with Crippen LogP contribution in [0.15, 0.2) is 48.5 Å². The molecule has 0 aliphatic carbocycles. The number of nitrogens with one attached hydrogen (secondary N) is 2. The van der Waals surface area contributed by atoms with E-state index in [2.05, 4.69) is 52.5 Å². The van der Waals surface area contributed by atoms with E-state index in [1.165, 1.54) is 11.1 Å². The first kappa shape index (κ1) is 11.9. The first-order valence-electron chi connectivity index (χ1n) is 6.46. The number of hydrogen-bond acceptors (Lipinski definition) is 2. The van der Waals surface area contributed by atoms with Crippen molar-refractivity contribution in [3.05, 3.63) is 65.5 Å². The Balaban J connectivity index is 2.07. The zero-order valence-electron chi connectivity index (χ0n) is 11.1. The molecule has 0 saturated carbocycles. The van der Waals surface area contributed by atoms with Gasteiger partial charge in [0.15, 0.2) is 0 Å². The van der Waals surface area contributed by atoms with Gasteiger partial charge in [-0.15, -0.1) is 0 Å². The summed E-state index contributed by atoms with van der Waals surface area (Å²) < 4.78 is 0. The fourth-order valence-electron chi connectivity index (χ4n) is 2.39. The number of H-pyrrole nitrogens is 1. The van der Waals surface area contributed by atoms with E-state index in [4.69, 9.17) is 0 Å². The lowest BCUT2D eigenvalue weighted by Crippen LogP contribution is -2.18. The van der Waals surface area contributed by atoms with Gasteiger partial charge in [0, 0.05) is 0 Å². The Hall–Kier alpha value is -2.13. The summed E-state index contributed by atoms with van der Waals surface area (Å²) in [5.41, 5.74) is 4.55. The molecule has 0 aliphatic rings. The van der Waals surface area contributed by atoms with Crippen LogP contribution in [0.1, 0.15) is 23.0 Å². The predicted molar refractivity (Wildman–Crippen MR) is 78.2 cm³/mol. The van der Waals surface area contributed by atoms with Crippen LogP contribution >= 0.6 is 0 Å². The van der Waals surface area contributed by atoms with Crippen LogP contribution in [0.2, 0.25) is 0 Å². The van der Waals surface area contributed by atoms with E-state index in [0.717, 1.165) is 16.9 Å². The molecule has 1 heterocycles. The van der Waals surface area contributed by atoms with Gasteiger partial charge < -0.3 is 10.3 Å². The third-order valence-corrected chi connectivity index (χ3v) is 3.35. The molecule has 1 atom stereocenters. The molecule has 3 aromatic rings. The lowest BCUT2D eigenvalue weighted by atomic mass is 10.1. The quantitative estimate of drug-likeness (QED) is 0.750. The third kappa shape index (κ3) is 2.25. The molecule has 2 aromatic carbocycles. The maximum Gasteiger partial charge on any atom is 0.129 e. The SMILES string of the molecule is CNC(c1ccccc1)c1nc2ccc(C)cc2[nH]1. The number of fused-ring (bicyclic) bond motifs is 1. The molecule has 3 nitrogen and oxygen atoms in total. The van der Waals surface area contributed by atoms with Crippen LogP contribution in [0.5, 0.6) is 0 Å². The smallest absolute Gasteiger partial charge is 0.129 e. The molecule has 1 unspecified atom stereocenters. The van der Waals surface area contributed by atoms with E-state index in [1.807, 2.05) is 25.2 Å². The highest BCUT2D eigenvalue weighted by Gasteiger charge is 2.15. The van der Waals surface area contributed by atoms with Crippen molar-refractivity contribution in [3.8, 4) is 0 Å². The van der Waals surface area contributed by atoms with Crippen molar-refractivity contribution in [2.75, 3.05) is 7.05 Å². The summed E-state index contributed by atoms with van der Waals surface area (Å²) in [7, 11) is 1.95. The van der Waals surface area contributed by atoms with Gasteiger partial charge in [0.2, 0.25) is 0 Å². The van der Waals surface area contributed by atoms with Crippen molar-refractivity contribution in [3.63, 3.8) is 0 Å². The minimum absolute atomic E-state index is 0.0916. The van der Waals surface area contributed by atoms with E-state index in [0.29, 0.717) is 0 Å². The number of hydrogen-bond donors (Lipinski definition) is 2. The highest BCUT2D eigenvalue weighted by Crippen LogP contribution is 2.22. The van der Waals surface area contributed by atoms with Crippen molar-refractivity contribution >= 4 is 11.0 Å². The highest BCUT2D eigenvalue weighted by molar-refractivity contribution is 5.76. The van der Waals surface area contributed by atoms with Gasteiger partial charge in [-0.25, -0.2) is 4.98 Å². The van der Waals surface area contributed by atoms with E-state index >= 15 is 0 Å². The Morgan fingerprint density at radius 1 is 1.11 bits per heavy atom. The summed E-state index contributed by atoms with van der Waals surface area (Å²) in [6.45, 7) is 2.09. The molecule has 2 N–H and O–H groups in total. The molecular weight excluding hydrogens is 234 g/mol. The number of nitrogens with zero attached hydrogens (tertiary/aromatic N) is 1. The van der Waals surface area contributed by atoms with Gasteiger partial charge in [0.1, 0.15) is 5.82 Å². The van der Waals surface area contributed by atoms with Crippen LogP contribution in [0.3, 0.4) is 0 Å². The van der Waals surface area contributed by atoms with Crippen molar-refractivity contribution in [2.45, 2.75) is 13.0 Å². The van der Waals surface area contributed by atoms with Gasteiger partial charge in [0.05, 0.1) is 17.1 Å². The van der Waals surface area contributed by atoms with Gasteiger partial charge in [0.25, 0.3) is 0 Å². The molecule has 0 saturated heterocycles. The molecule has 3 heteroatoms. The molecule has 19 heavy (non-hydrogen) atoms. The Bertz CT molecular complexity index is 686. The summed E-state index contributed by atoms with van der Waals surface area (Å²) in [5.74, 6) is 0.953. The van der Waals surface area contributed by atoms with Crippen LogP contribution in [0, 0.1) is 6.92 Å². The van der Waals surface area contributed by atoms with Gasteiger partial charge in [-0.2, -0.15) is 0 Å². The molecule has 0 aliphatic heterocycles. The van der Waals surface area contributed by atoms with Gasteiger partial charge in [-0.3, -0.25) is 0 Å². The van der Waals surface area contributed by atoms with Crippen molar-refractivity contribution in [1.82, 2.24) is 15.3 Å². The van der Waals surface area contributed by atoms with E-state index < -0.39 is 0 Å². The van der Waals surface area contributed by atoms with Crippen molar-refractivity contribution < 1.29 is 0 Å². The van der Waals surface area contributed by atoms with Crippen LogP contribution in [0.25, 0.3) is 11.0 Å². The lowest BCUT2D eigenvalue weighted by molar-refractivity contribution is 0.657. The summed E-state index contributed by atoms with van der Waals surface area (Å²) in [6.07, 6.45) is 0. The van der Waals surface area contributed by atoms with Gasteiger partial charge in [-0.1, -0.05) is 36.4 Å². The minimum Gasteiger partial charge on any atom is -0.340 e. The Kier molecular flexibility index (Phi) is 3.05. The topological polar surface area (TPSA) is 40.7 Å². The minimum atomic E-state index is 0.0916. The van der Waals surface area contributed by atoms with E-state index in [9.17, 15) is 0 Å². The molecule has 1 aromatic heterocycles. The number of aromatic nitrogens is 2. The largest absolute Gasteiger partial charge is 0.340 e. The number of aromatic amines is 1. The summed E-state index contributed by atoms with van der Waals surface area (Å²) in [6, 6.07) is 16.7. The zero-order valence-corrected chi connectivity index (χ0v) is 11.1. The second kappa shape index (κ2) is 4.86. The Morgan fingerprint density at radius 3 is 2.63 bits per heavy atom. The fourth-order valence-corrected chi connectivity index (χ4v) is 2.39. The van der Waals surface area contributed by atoms with E-state index in [1.54, 1.807) is 0 Å². The molecule has 0 fully saturated rings. The Morgan fingerprint density at radius 2 is 1.89 bits per heavy atom. The molecule has 0 spiro atoms. The molecule has 0 radical (unpaired) electrons. The first-order valence-corrected chi connectivity index (χ1v) is 6.46. The number of aryl methyl sites for hydroxylation is 1. The van der Waals surface area contributed by atoms with Crippen molar-refractivity contribution in [2.24, 2.45) is 0 Å². The number of benzene rings is 2. The van der Waals surface area contributed by atoms with Crippen LogP contribution in [0.4, 0.5) is 0 Å². The van der Waals surface area contributed by atoms with Gasteiger partial charge in [-0.05, 0) is 37.2 Å². The molecular formula is C16H17N3. The maximum atomic E-state index is 4.68. The number of rotatable bonds is 3. The summed E-state index contributed by atoms with van der Waals surface area (Å²) >= 11 is 0. The summed E-state index contributed by atoms with van der Waals surface area (Å²) in [4.78, 5) is 8.10. The van der Waals surface area contributed by atoms with Crippen LogP contribution in [-0.2, 0) is 0 Å². The highest BCUT2D eigenvalue weighted by atomic mass is 15.0. The fraction of sp³-hybridized carbons (Fsp3) is 0.188. The molecule has 3 rings (SSSR count). The third-order valence-electron chi connectivity index (χ3n) is 3.35. The monoisotopic (exact) mass is 251 g/mol. The average Bonchev–Trinajstić information content (AvgIpc) is 2.83. The molecule has 0 bridgehead atoms. The van der Waals surface area contributed by atoms with Crippen molar-refractivity contribution in [1.29, 1.82) is 0 Å². The lowest BCUT2D eigenvalue weighted by Gasteiger charge is -2.13. The van der Waals surface area contributed by atoms with Gasteiger partial charge >= 0.3 is 0 Å². The van der Waals surface area contributed by atoms with E-state index in [-0.39, 0.29) is 6.04 Å². The molecule has 96 valence electrons. The van der Waals surface area contributed by atoms with Crippen LogP contribution in [-0.4, -0.2) is 17.0 Å². The average molecular weight is 251 g/mol. The molecule has 0 amide bonds. The first-order chi connectivity index (χ1) is 9.28. The van der Waals surface area contributed by atoms with Crippen LogP contribution < -0.4 is 5.32 Å². The summed E-state index contributed by atoms with van der Waals surface area (Å²) in [5, 5.41) is 3.32. The normalized spacial score (nSPS) is 12.7. The number of imidazole rings is 1. The zero-order chi connectivity index (χ0) is 13.2. The standard InChI is InChI=1S/C16H17N3/c1-11-8-9-13-14(10-11)19-16(18-13)15(17-2)12-6-4-3-5-7-12/h3-10,15,17H,1-2H3,(H,18,19).